The van der Waals surface area contributed by atoms with Crippen LogP contribution in [0.25, 0.3) is 0 Å². The first-order valence-corrected chi connectivity index (χ1v) is 25.1. The summed E-state index contributed by atoms with van der Waals surface area (Å²) in [6.07, 6.45) is -9.40. The lowest BCUT2D eigenvalue weighted by molar-refractivity contribution is -0.138. The number of nitrogens with zero attached hydrogens (tertiary/aromatic N) is 4. The second kappa shape index (κ2) is 26.3. The van der Waals surface area contributed by atoms with Gasteiger partial charge in [-0.15, -0.1) is 0 Å². The van der Waals surface area contributed by atoms with Crippen molar-refractivity contribution in [3.05, 3.63) is 186 Å². The maximum absolute atomic E-state index is 13.7. The molecule has 0 aliphatic rings. The van der Waals surface area contributed by atoms with Crippen molar-refractivity contribution in [3.63, 3.8) is 0 Å². The zero-order valence-electron chi connectivity index (χ0n) is 41.8. The molecule has 0 aromatic heterocycles. The molecule has 6 N–H and O–H groups in total. The number of aryl methyl sites for hydroxylation is 1. The van der Waals surface area contributed by atoms with Gasteiger partial charge in [-0.3, -0.25) is 30.0 Å². The fourth-order valence-electron chi connectivity index (χ4n) is 6.95. The van der Waals surface area contributed by atoms with Gasteiger partial charge in [0.2, 0.25) is 17.6 Å². The largest absolute Gasteiger partial charge is 0.493 e. The van der Waals surface area contributed by atoms with Crippen LogP contribution in [-0.4, -0.2) is 63.7 Å². The highest BCUT2D eigenvalue weighted by molar-refractivity contribution is 6.67. The Morgan fingerprint density at radius 2 is 1.04 bits per heavy atom. The van der Waals surface area contributed by atoms with Crippen molar-refractivity contribution < 1.29 is 65.2 Å². The highest BCUT2D eigenvalue weighted by Gasteiger charge is 2.33. The summed E-state index contributed by atoms with van der Waals surface area (Å²) in [6, 6.07) is 27.1. The van der Waals surface area contributed by atoms with Crippen LogP contribution in [0.2, 0.25) is 25.1 Å². The van der Waals surface area contributed by atoms with Crippen LogP contribution in [0.3, 0.4) is 0 Å². The first-order valence-electron chi connectivity index (χ1n) is 23.2. The van der Waals surface area contributed by atoms with Gasteiger partial charge in [0.05, 0.1) is 49.8 Å². The number of alkyl halides is 6. The smallest absolute Gasteiger partial charge is 0.416 e. The minimum absolute atomic E-state index is 0.0127. The zero-order valence-corrected chi connectivity index (χ0v) is 45.6. The molecule has 0 bridgehead atoms. The molecule has 0 aliphatic carbocycles. The molecule has 0 heterocycles. The Hall–Kier alpha value is -8.67. The van der Waals surface area contributed by atoms with Gasteiger partial charge in [-0.05, 0) is 146 Å². The molecular formula is C55H37Cl5F6N8O8. The average molecular weight is 1230 g/mol. The van der Waals surface area contributed by atoms with Crippen molar-refractivity contribution in [3.8, 4) is 23.0 Å². The Bertz CT molecular complexity index is 3750. The van der Waals surface area contributed by atoms with E-state index in [1.54, 1.807) is 6.92 Å². The minimum Gasteiger partial charge on any atom is -0.493 e. The van der Waals surface area contributed by atoms with Crippen molar-refractivity contribution in [1.82, 2.24) is 0 Å². The first-order chi connectivity index (χ1) is 38.8. The SMILES string of the molecule is CC(=O)/C(=N/Nc1cc(C(O)=Nc2cc(C(F)(F)F)ccc2Oc2ccc(Cl)cc2)ccc1Cl)C(=O)Nc1cc(C)c(NCC(=O)/C(C=O)=N\Nc2cc(C(O)=Nc3cc(C(F)(F)F)ccc3Oc3ccc(Cl)cc3)ccc2Cl)cc1Cl. The summed E-state index contributed by atoms with van der Waals surface area (Å²) in [7, 11) is 0. The number of ether oxygens (including phenoxy) is 2. The van der Waals surface area contributed by atoms with Crippen molar-refractivity contribution in [2.24, 2.45) is 20.2 Å². The van der Waals surface area contributed by atoms with Gasteiger partial charge < -0.3 is 30.3 Å². The monoisotopic (exact) mass is 1230 g/mol. The lowest BCUT2D eigenvalue weighted by Crippen LogP contribution is -2.29. The predicted octanol–water partition coefficient (Wildman–Crippen LogP) is 15.8. The molecule has 422 valence electrons. The summed E-state index contributed by atoms with van der Waals surface area (Å²) < 4.78 is 93.7. The fraction of sp³-hybridized carbons (Fsp3) is 0.0909. The van der Waals surface area contributed by atoms with E-state index in [0.717, 1.165) is 31.2 Å². The van der Waals surface area contributed by atoms with Gasteiger partial charge in [0.25, 0.3) is 5.91 Å². The van der Waals surface area contributed by atoms with E-state index in [1.807, 2.05) is 0 Å². The summed E-state index contributed by atoms with van der Waals surface area (Å²) in [6.45, 7) is 2.07. The van der Waals surface area contributed by atoms with E-state index >= 15 is 0 Å². The third-order valence-corrected chi connectivity index (χ3v) is 12.6. The summed E-state index contributed by atoms with van der Waals surface area (Å²) in [4.78, 5) is 59.5. The van der Waals surface area contributed by atoms with E-state index in [4.69, 9.17) is 67.5 Å². The summed E-state index contributed by atoms with van der Waals surface area (Å²) in [5, 5.41) is 35.7. The Morgan fingerprint density at radius 1 is 0.573 bits per heavy atom. The molecule has 0 atom stereocenters. The van der Waals surface area contributed by atoms with Crippen molar-refractivity contribution in [2.75, 3.05) is 28.0 Å². The molecule has 0 spiro atoms. The molecule has 7 aromatic rings. The zero-order chi connectivity index (χ0) is 59.6. The number of halogens is 11. The minimum atomic E-state index is -4.77. The van der Waals surface area contributed by atoms with Crippen LogP contribution in [0.15, 0.2) is 154 Å². The molecular weight excluding hydrogens is 1190 g/mol. The van der Waals surface area contributed by atoms with Gasteiger partial charge in [0, 0.05) is 33.8 Å². The highest BCUT2D eigenvalue weighted by Crippen LogP contribution is 2.41. The maximum Gasteiger partial charge on any atom is 0.416 e. The number of aliphatic hydroxyl groups is 2. The van der Waals surface area contributed by atoms with E-state index < -0.39 is 82.1 Å². The van der Waals surface area contributed by atoms with Gasteiger partial charge in [0.15, 0.2) is 35.0 Å². The number of hydrazone groups is 2. The molecule has 7 rings (SSSR count). The van der Waals surface area contributed by atoms with Crippen LogP contribution in [-0.2, 0) is 31.5 Å². The van der Waals surface area contributed by atoms with E-state index in [2.05, 4.69) is 41.7 Å². The van der Waals surface area contributed by atoms with Crippen LogP contribution in [0, 0.1) is 6.92 Å². The standard InChI is InChI=1S/C55H37Cl5F6N8O8/c1-27-19-41(68-53(80)50(28(2)76)74-72-43-21-30(4-16-38(43)59)52(79)70-45-23-32(55(64,65)66)6-18-49(45)82-36-13-9-34(57)10-14-36)39(60)24-40(27)67-25-47(77)46(26-75)73-71-42-20-29(3-15-37(42)58)51(78)69-44-22-31(54(61,62)63)5-17-48(44)81-35-11-7-33(56)8-12-35/h3-24,26,67,71-72H,25H2,1-2H3,(H,68,80)(H,69,78)(H,70,79)/b73-46-,74-50-. The van der Waals surface area contributed by atoms with Crippen LogP contribution >= 0.6 is 58.0 Å². The number of nitrogens with one attached hydrogen (secondary N) is 4. The second-order valence-electron chi connectivity index (χ2n) is 17.0. The molecule has 16 nitrogen and oxygen atoms in total. The van der Waals surface area contributed by atoms with E-state index in [-0.39, 0.29) is 78.2 Å². The van der Waals surface area contributed by atoms with Crippen LogP contribution in [0.5, 0.6) is 23.0 Å². The average Bonchev–Trinajstić information content (AvgIpc) is 3.63. The van der Waals surface area contributed by atoms with Gasteiger partial charge in [0.1, 0.15) is 22.9 Å². The Kier molecular flexibility index (Phi) is 19.5. The number of hydrogen-bond acceptors (Lipinski definition) is 13. The molecule has 0 radical (unpaired) electrons. The maximum atomic E-state index is 13.7. The Labute approximate surface area is 485 Å². The van der Waals surface area contributed by atoms with Gasteiger partial charge in [-0.1, -0.05) is 58.0 Å². The molecule has 1 amide bonds. The number of anilines is 4. The number of amides is 1. The first kappa shape index (κ1) is 61.0. The normalized spacial score (nSPS) is 12.4. The third-order valence-electron chi connectivity index (χ3n) is 11.1. The van der Waals surface area contributed by atoms with Crippen LogP contribution < -0.4 is 31.0 Å². The highest BCUT2D eigenvalue weighted by atomic mass is 35.5. The number of Topliss-reactive ketones (excluding diaryl/α,β-unsaturated/α-hetero) is 2. The van der Waals surface area contributed by atoms with Gasteiger partial charge >= 0.3 is 12.4 Å². The lowest BCUT2D eigenvalue weighted by atomic mass is 10.1. The predicted molar refractivity (Wildman–Crippen MR) is 304 cm³/mol. The number of carbonyl (C=O) groups is 4. The van der Waals surface area contributed by atoms with Crippen LogP contribution in [0.4, 0.5) is 60.5 Å². The quantitative estimate of drug-likeness (QED) is 0.0105. The lowest BCUT2D eigenvalue weighted by Gasteiger charge is -2.14. The molecule has 0 unspecified atom stereocenters. The molecule has 0 saturated heterocycles. The van der Waals surface area contributed by atoms with Crippen molar-refractivity contribution in [2.45, 2.75) is 26.2 Å². The third kappa shape index (κ3) is 16.0. The number of benzene rings is 7. The molecule has 0 aliphatic heterocycles. The van der Waals surface area contributed by atoms with Crippen molar-refractivity contribution >= 4 is 139 Å². The number of hydrogen-bond donors (Lipinski definition) is 6. The van der Waals surface area contributed by atoms with E-state index in [9.17, 15) is 55.7 Å². The Balaban J connectivity index is 1.01. The summed E-state index contributed by atoms with van der Waals surface area (Å²) >= 11 is 31.1. The fourth-order valence-corrected chi connectivity index (χ4v) is 7.73. The number of carbonyl (C=O) groups excluding carboxylic acids is 4. The number of aldehydes is 1. The summed E-state index contributed by atoms with van der Waals surface area (Å²) in [5.41, 5.74) is 0.967. The topological polar surface area (TPSA) is 225 Å². The van der Waals surface area contributed by atoms with E-state index in [0.29, 0.717) is 27.7 Å². The second-order valence-corrected chi connectivity index (χ2v) is 19.1. The number of aliphatic imine (C=N–C) groups is 2. The van der Waals surface area contributed by atoms with Gasteiger partial charge in [-0.25, -0.2) is 9.98 Å². The van der Waals surface area contributed by atoms with E-state index in [1.165, 1.54) is 97.1 Å². The summed E-state index contributed by atoms with van der Waals surface area (Å²) in [5.74, 6) is -4.19. The molecule has 27 heteroatoms. The number of rotatable bonds is 20. The van der Waals surface area contributed by atoms with Gasteiger partial charge in [-0.2, -0.15) is 36.5 Å². The molecule has 82 heavy (non-hydrogen) atoms. The Morgan fingerprint density at radius 3 is 1.48 bits per heavy atom. The molecule has 0 saturated carbocycles. The molecule has 7 aromatic carbocycles. The van der Waals surface area contributed by atoms with Crippen molar-refractivity contribution in [1.29, 1.82) is 0 Å². The molecule has 0 fully saturated rings. The number of ketones is 2. The number of aliphatic hydroxyl groups excluding tert-OH is 2. The van der Waals surface area contributed by atoms with Crippen LogP contribution in [0.1, 0.15) is 34.7 Å².